The maximum absolute atomic E-state index is 14.7. The largest absolute Gasteiger partial charge is 0.396 e. The molecule has 0 unspecified atom stereocenters. The summed E-state index contributed by atoms with van der Waals surface area (Å²) in [7, 11) is 1.94. The summed E-state index contributed by atoms with van der Waals surface area (Å²) in [6.45, 7) is 3.58. The molecule has 0 aliphatic carbocycles. The zero-order chi connectivity index (χ0) is 24.9. The van der Waals surface area contributed by atoms with E-state index in [1.54, 1.807) is 10.6 Å². The molecule has 2 heterocycles. The van der Waals surface area contributed by atoms with Crippen LogP contribution in [0.4, 0.5) is 10.2 Å². The van der Waals surface area contributed by atoms with Crippen LogP contribution >= 0.6 is 0 Å². The molecule has 1 aliphatic heterocycles. The van der Waals surface area contributed by atoms with E-state index in [0.29, 0.717) is 54.9 Å². The number of halogens is 1. The standard InChI is InChI=1S/C27H30FN5O2/c1-18-4-6-19(7-5-18)25-24(20-8-9-21(17-29)23(28)16-20)31-26(27(35)33(25)12-3-15-34)32-13-10-22(30-2)11-14-32/h4-9,16,22,30,34H,3,10-15H2,1-2H3. The van der Waals surface area contributed by atoms with Gasteiger partial charge in [0.15, 0.2) is 5.82 Å². The molecule has 1 fully saturated rings. The molecule has 4 rings (SSSR count). The summed E-state index contributed by atoms with van der Waals surface area (Å²) in [6.07, 6.45) is 2.16. The number of aromatic nitrogens is 2. The SMILES string of the molecule is CNC1CCN(c2nc(-c3ccc(C#N)c(F)c3)c(-c3ccc(C)cc3)n(CCCO)c2=O)CC1. The summed E-state index contributed by atoms with van der Waals surface area (Å²) in [4.78, 5) is 20.6. The number of rotatable bonds is 7. The number of piperidine rings is 1. The second-order valence-electron chi connectivity index (χ2n) is 8.89. The van der Waals surface area contributed by atoms with Crippen LogP contribution in [0.25, 0.3) is 22.5 Å². The normalized spacial score (nSPS) is 14.2. The Labute approximate surface area is 204 Å². The minimum absolute atomic E-state index is 0.0476. The lowest BCUT2D eigenvalue weighted by atomic mass is 10.0. The Hall–Kier alpha value is -3.54. The molecule has 2 N–H and O–H groups in total. The number of anilines is 1. The molecule has 0 amide bonds. The van der Waals surface area contributed by atoms with E-state index in [1.807, 2.05) is 49.2 Å². The maximum Gasteiger partial charge on any atom is 0.294 e. The van der Waals surface area contributed by atoms with Crippen LogP contribution < -0.4 is 15.8 Å². The molecule has 0 radical (unpaired) electrons. The summed E-state index contributed by atoms with van der Waals surface area (Å²) >= 11 is 0. The monoisotopic (exact) mass is 475 g/mol. The molecule has 35 heavy (non-hydrogen) atoms. The van der Waals surface area contributed by atoms with Gasteiger partial charge in [-0.05, 0) is 45.4 Å². The third-order valence-corrected chi connectivity index (χ3v) is 6.58. The highest BCUT2D eigenvalue weighted by molar-refractivity contribution is 5.80. The second kappa shape index (κ2) is 10.8. The first-order valence-corrected chi connectivity index (χ1v) is 11.9. The van der Waals surface area contributed by atoms with Crippen molar-refractivity contribution in [2.24, 2.45) is 0 Å². The van der Waals surface area contributed by atoms with Crippen molar-refractivity contribution in [1.29, 1.82) is 5.26 Å². The van der Waals surface area contributed by atoms with Crippen molar-refractivity contribution in [3.63, 3.8) is 0 Å². The smallest absolute Gasteiger partial charge is 0.294 e. The zero-order valence-corrected chi connectivity index (χ0v) is 20.1. The van der Waals surface area contributed by atoms with Crippen LogP contribution in [0.15, 0.2) is 47.3 Å². The second-order valence-corrected chi connectivity index (χ2v) is 8.89. The van der Waals surface area contributed by atoms with Crippen molar-refractivity contribution < 1.29 is 9.50 Å². The molecule has 8 heteroatoms. The van der Waals surface area contributed by atoms with Gasteiger partial charge in [0, 0.05) is 43.4 Å². The highest BCUT2D eigenvalue weighted by Gasteiger charge is 2.26. The molecule has 0 atom stereocenters. The molecule has 182 valence electrons. The van der Waals surface area contributed by atoms with E-state index in [-0.39, 0.29) is 17.7 Å². The first-order chi connectivity index (χ1) is 17.0. The predicted molar refractivity (Wildman–Crippen MR) is 135 cm³/mol. The number of aryl methyl sites for hydroxylation is 1. The lowest BCUT2D eigenvalue weighted by molar-refractivity contribution is 0.279. The Morgan fingerprint density at radius 3 is 2.46 bits per heavy atom. The lowest BCUT2D eigenvalue weighted by Crippen LogP contribution is -2.44. The van der Waals surface area contributed by atoms with Gasteiger partial charge in [0.1, 0.15) is 11.9 Å². The fourth-order valence-corrected chi connectivity index (χ4v) is 4.54. The van der Waals surface area contributed by atoms with Crippen LogP contribution in [0, 0.1) is 24.1 Å². The van der Waals surface area contributed by atoms with Crippen LogP contribution in [0.5, 0.6) is 0 Å². The van der Waals surface area contributed by atoms with Gasteiger partial charge in [-0.1, -0.05) is 35.9 Å². The summed E-state index contributed by atoms with van der Waals surface area (Å²) in [5, 5.41) is 22.0. The van der Waals surface area contributed by atoms with E-state index >= 15 is 0 Å². The molecule has 0 saturated carbocycles. The van der Waals surface area contributed by atoms with Crippen LogP contribution in [-0.4, -0.2) is 47.4 Å². The first-order valence-electron chi connectivity index (χ1n) is 11.9. The average molecular weight is 476 g/mol. The van der Waals surface area contributed by atoms with Crippen LogP contribution in [0.2, 0.25) is 0 Å². The number of aliphatic hydroxyl groups is 1. The maximum atomic E-state index is 14.7. The van der Waals surface area contributed by atoms with E-state index < -0.39 is 5.82 Å². The Balaban J connectivity index is 1.96. The van der Waals surface area contributed by atoms with E-state index in [1.165, 1.54) is 12.1 Å². The van der Waals surface area contributed by atoms with E-state index in [0.717, 1.165) is 24.0 Å². The molecule has 2 aromatic carbocycles. The molecule has 1 saturated heterocycles. The minimum atomic E-state index is -0.633. The van der Waals surface area contributed by atoms with E-state index in [9.17, 15) is 19.6 Å². The topological polar surface area (TPSA) is 94.2 Å². The fourth-order valence-electron chi connectivity index (χ4n) is 4.54. The number of hydrogen-bond donors (Lipinski definition) is 2. The highest BCUT2D eigenvalue weighted by atomic mass is 19.1. The molecular weight excluding hydrogens is 445 g/mol. The van der Waals surface area contributed by atoms with Gasteiger partial charge in [-0.3, -0.25) is 4.79 Å². The molecule has 7 nitrogen and oxygen atoms in total. The zero-order valence-electron chi connectivity index (χ0n) is 20.1. The summed E-state index contributed by atoms with van der Waals surface area (Å²) in [5.41, 5.74) is 3.10. The summed E-state index contributed by atoms with van der Waals surface area (Å²) in [5.74, 6) is -0.306. The third-order valence-electron chi connectivity index (χ3n) is 6.58. The fraction of sp³-hybridized carbons (Fsp3) is 0.370. The van der Waals surface area contributed by atoms with Gasteiger partial charge in [0.25, 0.3) is 5.56 Å². The molecule has 0 spiro atoms. The third kappa shape index (κ3) is 5.11. The summed E-state index contributed by atoms with van der Waals surface area (Å²) in [6, 6.07) is 14.4. The Morgan fingerprint density at radius 2 is 1.86 bits per heavy atom. The lowest BCUT2D eigenvalue weighted by Gasteiger charge is -2.33. The van der Waals surface area contributed by atoms with Gasteiger partial charge in [0.2, 0.25) is 0 Å². The number of benzene rings is 2. The van der Waals surface area contributed by atoms with Crippen molar-refractivity contribution in [1.82, 2.24) is 14.9 Å². The van der Waals surface area contributed by atoms with Gasteiger partial charge in [-0.15, -0.1) is 0 Å². The molecular formula is C27H30FN5O2. The van der Waals surface area contributed by atoms with Crippen LogP contribution in [-0.2, 0) is 6.54 Å². The highest BCUT2D eigenvalue weighted by Crippen LogP contribution is 2.33. The number of aliphatic hydroxyl groups excluding tert-OH is 1. The molecule has 1 aromatic heterocycles. The van der Waals surface area contributed by atoms with Crippen molar-refractivity contribution >= 4 is 5.82 Å². The molecule has 3 aromatic rings. The Morgan fingerprint density at radius 1 is 1.17 bits per heavy atom. The molecule has 1 aliphatic rings. The first kappa shape index (κ1) is 24.6. The Bertz CT molecular complexity index is 1290. The van der Waals surface area contributed by atoms with E-state index in [4.69, 9.17) is 4.98 Å². The molecule has 0 bridgehead atoms. The van der Waals surface area contributed by atoms with Gasteiger partial charge in [-0.25, -0.2) is 9.37 Å². The number of nitrogens with zero attached hydrogens (tertiary/aromatic N) is 4. The van der Waals surface area contributed by atoms with Gasteiger partial charge in [0.05, 0.1) is 17.0 Å². The number of hydrogen-bond acceptors (Lipinski definition) is 6. The van der Waals surface area contributed by atoms with Crippen molar-refractivity contribution in [3.8, 4) is 28.6 Å². The van der Waals surface area contributed by atoms with Crippen LogP contribution in [0.1, 0.15) is 30.4 Å². The quantitative estimate of drug-likeness (QED) is 0.544. The van der Waals surface area contributed by atoms with Gasteiger partial charge < -0.3 is 19.9 Å². The van der Waals surface area contributed by atoms with Crippen LogP contribution in [0.3, 0.4) is 0 Å². The van der Waals surface area contributed by atoms with E-state index in [2.05, 4.69) is 5.32 Å². The number of nitrogens with one attached hydrogen (secondary N) is 1. The minimum Gasteiger partial charge on any atom is -0.396 e. The predicted octanol–water partition coefficient (Wildman–Crippen LogP) is 3.47. The number of nitriles is 1. The van der Waals surface area contributed by atoms with Crippen molar-refractivity contribution in [3.05, 3.63) is 69.8 Å². The van der Waals surface area contributed by atoms with Crippen molar-refractivity contribution in [2.75, 3.05) is 31.6 Å². The van der Waals surface area contributed by atoms with Crippen molar-refractivity contribution in [2.45, 2.75) is 38.8 Å². The summed E-state index contributed by atoms with van der Waals surface area (Å²) < 4.78 is 16.3. The van der Waals surface area contributed by atoms with Gasteiger partial charge in [-0.2, -0.15) is 5.26 Å². The average Bonchev–Trinajstić information content (AvgIpc) is 2.88. The Kier molecular flexibility index (Phi) is 7.59. The van der Waals surface area contributed by atoms with Gasteiger partial charge >= 0.3 is 0 Å².